The summed E-state index contributed by atoms with van der Waals surface area (Å²) in [6.07, 6.45) is 6.24. The van der Waals surface area contributed by atoms with Gasteiger partial charge in [0.1, 0.15) is 5.56 Å². The maximum absolute atomic E-state index is 13.0. The third-order valence-corrected chi connectivity index (χ3v) is 6.96. The van der Waals surface area contributed by atoms with Gasteiger partial charge in [-0.2, -0.15) is 0 Å². The molecule has 1 aromatic heterocycles. The molecule has 0 spiro atoms. The molecule has 2 N–H and O–H groups in total. The minimum absolute atomic E-state index is 0.161. The third-order valence-electron chi connectivity index (χ3n) is 6.96. The summed E-state index contributed by atoms with van der Waals surface area (Å²) >= 11 is 0. The van der Waals surface area contributed by atoms with Gasteiger partial charge in [-0.15, -0.1) is 0 Å². The minimum Gasteiger partial charge on any atom is -0.352 e. The molecule has 6 nitrogen and oxygen atoms in total. The first-order valence-electron chi connectivity index (χ1n) is 12.1. The number of hydrogen-bond donors (Lipinski definition) is 2. The first-order valence-corrected chi connectivity index (χ1v) is 12.1. The molecule has 2 aliphatic heterocycles. The topological polar surface area (TPSA) is 66.4 Å². The average molecular weight is 437 g/mol. The molecule has 1 atom stereocenters. The highest BCUT2D eigenvalue weighted by Crippen LogP contribution is 2.19. The van der Waals surface area contributed by atoms with Crippen LogP contribution in [0.25, 0.3) is 0 Å². The van der Waals surface area contributed by atoms with Gasteiger partial charge >= 0.3 is 0 Å². The molecule has 0 saturated carbocycles. The Hall–Kier alpha value is -2.44. The Balaban J connectivity index is 1.29. The zero-order valence-corrected chi connectivity index (χ0v) is 19.2. The lowest BCUT2D eigenvalue weighted by Crippen LogP contribution is -2.41. The number of amides is 1. The number of pyridine rings is 1. The van der Waals surface area contributed by atoms with Gasteiger partial charge in [0.25, 0.3) is 11.5 Å². The van der Waals surface area contributed by atoms with Crippen LogP contribution in [0.3, 0.4) is 0 Å². The molecular formula is C26H36N4O2. The van der Waals surface area contributed by atoms with Crippen molar-refractivity contribution in [3.8, 4) is 0 Å². The van der Waals surface area contributed by atoms with Gasteiger partial charge in [0.2, 0.25) is 0 Å². The maximum atomic E-state index is 13.0. The quantitative estimate of drug-likeness (QED) is 0.701. The van der Waals surface area contributed by atoms with Crippen molar-refractivity contribution >= 4 is 5.91 Å². The van der Waals surface area contributed by atoms with Crippen LogP contribution >= 0.6 is 0 Å². The van der Waals surface area contributed by atoms with E-state index < -0.39 is 0 Å². The fraction of sp³-hybridized carbons (Fsp3) is 0.538. The van der Waals surface area contributed by atoms with E-state index in [2.05, 4.69) is 45.9 Å². The predicted octanol–water partition coefficient (Wildman–Crippen LogP) is 2.80. The predicted molar refractivity (Wildman–Crippen MR) is 128 cm³/mol. The van der Waals surface area contributed by atoms with Crippen LogP contribution in [-0.2, 0) is 13.1 Å². The number of aromatic nitrogens is 1. The van der Waals surface area contributed by atoms with Crippen LogP contribution in [0.2, 0.25) is 0 Å². The number of aryl methyl sites for hydroxylation is 1. The molecule has 6 heteroatoms. The number of nitrogens with zero attached hydrogens (tertiary/aromatic N) is 2. The van der Waals surface area contributed by atoms with Crippen LogP contribution in [0.5, 0.6) is 0 Å². The van der Waals surface area contributed by atoms with Crippen LogP contribution in [0.1, 0.15) is 47.2 Å². The van der Waals surface area contributed by atoms with Crippen molar-refractivity contribution in [2.45, 2.75) is 45.7 Å². The molecule has 2 aliphatic rings. The molecular weight excluding hydrogens is 400 g/mol. The van der Waals surface area contributed by atoms with Crippen LogP contribution in [0.15, 0.2) is 47.4 Å². The first-order chi connectivity index (χ1) is 15.6. The second-order valence-corrected chi connectivity index (χ2v) is 9.46. The molecule has 0 aliphatic carbocycles. The van der Waals surface area contributed by atoms with Gasteiger partial charge in [-0.1, -0.05) is 30.3 Å². The van der Waals surface area contributed by atoms with E-state index in [1.54, 1.807) is 4.57 Å². The summed E-state index contributed by atoms with van der Waals surface area (Å²) in [5.41, 5.74) is 2.24. The number of carbonyl (C=O) groups is 1. The van der Waals surface area contributed by atoms with Gasteiger partial charge < -0.3 is 15.2 Å². The second kappa shape index (κ2) is 10.9. The molecule has 32 heavy (non-hydrogen) atoms. The lowest BCUT2D eigenvalue weighted by atomic mass is 9.96. The van der Waals surface area contributed by atoms with Gasteiger partial charge in [-0.25, -0.2) is 0 Å². The Labute approximate surface area is 191 Å². The van der Waals surface area contributed by atoms with Crippen molar-refractivity contribution in [2.24, 2.45) is 11.8 Å². The number of benzene rings is 1. The number of rotatable bonds is 7. The fourth-order valence-corrected chi connectivity index (χ4v) is 4.96. The smallest absolute Gasteiger partial charge is 0.263 e. The first kappa shape index (κ1) is 22.7. The largest absolute Gasteiger partial charge is 0.352 e. The summed E-state index contributed by atoms with van der Waals surface area (Å²) in [5.74, 6) is 0.682. The molecule has 0 radical (unpaired) electrons. The Morgan fingerprint density at radius 3 is 2.59 bits per heavy atom. The number of likely N-dealkylation sites (tertiary alicyclic amines) is 1. The van der Waals surface area contributed by atoms with Crippen molar-refractivity contribution in [3.63, 3.8) is 0 Å². The highest BCUT2D eigenvalue weighted by Gasteiger charge is 2.22. The Kier molecular flexibility index (Phi) is 7.76. The van der Waals surface area contributed by atoms with Crippen LogP contribution in [-0.4, -0.2) is 48.1 Å². The van der Waals surface area contributed by atoms with Crippen LogP contribution in [0.4, 0.5) is 0 Å². The summed E-state index contributed by atoms with van der Waals surface area (Å²) in [4.78, 5) is 28.5. The summed E-state index contributed by atoms with van der Waals surface area (Å²) < 4.78 is 1.72. The van der Waals surface area contributed by atoms with Gasteiger partial charge in [0.15, 0.2) is 0 Å². The van der Waals surface area contributed by atoms with E-state index in [9.17, 15) is 9.59 Å². The van der Waals surface area contributed by atoms with Gasteiger partial charge in [0.05, 0.1) is 0 Å². The number of hydrogen-bond acceptors (Lipinski definition) is 4. The molecule has 2 fully saturated rings. The molecule has 1 unspecified atom stereocenters. The zero-order chi connectivity index (χ0) is 22.3. The van der Waals surface area contributed by atoms with Crippen molar-refractivity contribution < 1.29 is 4.79 Å². The van der Waals surface area contributed by atoms with Crippen molar-refractivity contribution in [1.82, 2.24) is 20.1 Å². The monoisotopic (exact) mass is 436 g/mol. The molecule has 3 heterocycles. The molecule has 2 saturated heterocycles. The average Bonchev–Trinajstić information content (AvgIpc) is 2.82. The molecule has 4 rings (SSSR count). The fourth-order valence-electron chi connectivity index (χ4n) is 4.96. The van der Waals surface area contributed by atoms with Gasteiger partial charge in [-0.3, -0.25) is 14.5 Å². The van der Waals surface area contributed by atoms with E-state index in [0.717, 1.165) is 64.0 Å². The van der Waals surface area contributed by atoms with Crippen LogP contribution in [0, 0.1) is 18.8 Å². The lowest BCUT2D eigenvalue weighted by Gasteiger charge is -2.32. The molecule has 172 valence electrons. The SMILES string of the molecule is Cc1ccn(CC2CCCNC2)c(=O)c1C(=O)NCC1CCN(Cc2ccccc2)CC1. The molecule has 1 aromatic carbocycles. The maximum Gasteiger partial charge on any atom is 0.263 e. The Bertz CT molecular complexity index is 942. The molecule has 2 aromatic rings. The highest BCUT2D eigenvalue weighted by atomic mass is 16.2. The van der Waals surface area contributed by atoms with Crippen molar-refractivity contribution in [1.29, 1.82) is 0 Å². The van der Waals surface area contributed by atoms with E-state index in [-0.39, 0.29) is 11.5 Å². The molecule has 0 bridgehead atoms. The summed E-state index contributed by atoms with van der Waals surface area (Å²) in [6.45, 7) is 8.22. The summed E-state index contributed by atoms with van der Waals surface area (Å²) in [7, 11) is 0. The summed E-state index contributed by atoms with van der Waals surface area (Å²) in [6, 6.07) is 12.5. The number of carbonyl (C=O) groups excluding carboxylic acids is 1. The van der Waals surface area contributed by atoms with E-state index in [1.165, 1.54) is 5.56 Å². The highest BCUT2D eigenvalue weighted by molar-refractivity contribution is 5.95. The summed E-state index contributed by atoms with van der Waals surface area (Å²) in [5, 5.41) is 6.46. The van der Waals surface area contributed by atoms with Crippen LogP contribution < -0.4 is 16.2 Å². The van der Waals surface area contributed by atoms with Gasteiger partial charge in [-0.05, 0) is 87.8 Å². The standard InChI is InChI=1S/C26H36N4O2/c1-20-9-15-30(19-23-8-5-12-27-16-23)26(32)24(20)25(31)28-17-21-10-13-29(14-11-21)18-22-6-3-2-4-7-22/h2-4,6-7,9,15,21,23,27H,5,8,10-14,16-19H2,1H3,(H,28,31). The zero-order valence-electron chi connectivity index (χ0n) is 19.2. The second-order valence-electron chi connectivity index (χ2n) is 9.46. The van der Waals surface area contributed by atoms with Crippen molar-refractivity contribution in [3.05, 3.63) is 69.6 Å². The van der Waals surface area contributed by atoms with E-state index in [1.807, 2.05) is 19.2 Å². The normalized spacial score (nSPS) is 20.2. The van der Waals surface area contributed by atoms with E-state index in [0.29, 0.717) is 30.5 Å². The third kappa shape index (κ3) is 5.87. The van der Waals surface area contributed by atoms with Crippen molar-refractivity contribution in [2.75, 3.05) is 32.7 Å². The van der Waals surface area contributed by atoms with Gasteiger partial charge in [0, 0.05) is 25.8 Å². The van der Waals surface area contributed by atoms with E-state index >= 15 is 0 Å². The molecule has 1 amide bonds. The Morgan fingerprint density at radius 2 is 1.88 bits per heavy atom. The number of piperidine rings is 2. The minimum atomic E-state index is -0.227. The Morgan fingerprint density at radius 1 is 1.09 bits per heavy atom. The van der Waals surface area contributed by atoms with E-state index in [4.69, 9.17) is 0 Å². The lowest BCUT2D eigenvalue weighted by molar-refractivity contribution is 0.0932. The number of nitrogens with one attached hydrogen (secondary N) is 2.